The Labute approximate surface area is 273 Å². The molecular weight excluding hydrogens is 625 g/mol. The molecule has 0 atom stereocenters. The van der Waals surface area contributed by atoms with Crippen LogP contribution < -0.4 is 10.6 Å². The van der Waals surface area contributed by atoms with Crippen LogP contribution in [-0.4, -0.2) is 55.2 Å². The average molecular weight is 661 g/mol. The van der Waals surface area contributed by atoms with Crippen molar-refractivity contribution in [3.8, 4) is 0 Å². The summed E-state index contributed by atoms with van der Waals surface area (Å²) in [7, 11) is -2.69. The first-order chi connectivity index (χ1) is 22.1. The molecule has 12 heteroatoms. The number of hydrogen-bond acceptors (Lipinski definition) is 8. The average Bonchev–Trinajstić information content (AvgIpc) is 3.41. The molecule has 3 amide bonds. The van der Waals surface area contributed by atoms with E-state index in [4.69, 9.17) is 0 Å². The molecule has 0 spiro atoms. The SMILES string of the molecule is COC(=O)NC(=O)c1c(NC(=O)c2ccc(S(=O)(=O)N(Cc3ccccc3)C(C)C)cc2)sc2c1CCN(Cc1ccccc1)C2. The van der Waals surface area contributed by atoms with Crippen LogP contribution in [0.4, 0.5) is 9.80 Å². The second kappa shape index (κ2) is 14.4. The molecule has 240 valence electrons. The molecule has 0 bridgehead atoms. The van der Waals surface area contributed by atoms with E-state index >= 15 is 0 Å². The summed E-state index contributed by atoms with van der Waals surface area (Å²) in [5.74, 6) is -1.18. The topological polar surface area (TPSA) is 125 Å². The highest BCUT2D eigenvalue weighted by Gasteiger charge is 2.31. The molecule has 0 fully saturated rings. The molecule has 0 saturated heterocycles. The molecule has 46 heavy (non-hydrogen) atoms. The molecule has 1 aromatic heterocycles. The number of sulfonamides is 1. The Balaban J connectivity index is 1.37. The van der Waals surface area contributed by atoms with Gasteiger partial charge in [-0.15, -0.1) is 11.3 Å². The highest BCUT2D eigenvalue weighted by atomic mass is 32.2. The number of nitrogens with one attached hydrogen (secondary N) is 2. The van der Waals surface area contributed by atoms with E-state index in [0.717, 1.165) is 22.5 Å². The molecule has 1 aliphatic heterocycles. The van der Waals surface area contributed by atoms with Crippen LogP contribution in [0.25, 0.3) is 0 Å². The second-order valence-electron chi connectivity index (χ2n) is 11.2. The number of imide groups is 1. The Morgan fingerprint density at radius 1 is 0.913 bits per heavy atom. The first-order valence-corrected chi connectivity index (χ1v) is 17.1. The van der Waals surface area contributed by atoms with Gasteiger partial charge >= 0.3 is 6.09 Å². The van der Waals surface area contributed by atoms with Crippen LogP contribution in [0.2, 0.25) is 0 Å². The fourth-order valence-electron chi connectivity index (χ4n) is 5.36. The van der Waals surface area contributed by atoms with Crippen molar-refractivity contribution < 1.29 is 27.5 Å². The number of carbonyl (C=O) groups is 3. The maximum absolute atomic E-state index is 13.6. The van der Waals surface area contributed by atoms with E-state index in [-0.39, 0.29) is 28.6 Å². The quantitative estimate of drug-likeness (QED) is 0.225. The predicted octanol–water partition coefficient (Wildman–Crippen LogP) is 5.65. The van der Waals surface area contributed by atoms with Crippen LogP contribution in [0.5, 0.6) is 0 Å². The number of methoxy groups -OCH3 is 1. The summed E-state index contributed by atoms with van der Waals surface area (Å²) in [4.78, 5) is 41.8. The zero-order chi connectivity index (χ0) is 32.8. The van der Waals surface area contributed by atoms with Crippen molar-refractivity contribution in [3.05, 3.63) is 118 Å². The molecule has 1 aliphatic rings. The minimum Gasteiger partial charge on any atom is -0.453 e. The third kappa shape index (κ3) is 7.53. The van der Waals surface area contributed by atoms with Crippen molar-refractivity contribution in [3.63, 3.8) is 0 Å². The van der Waals surface area contributed by atoms with Crippen LogP contribution >= 0.6 is 11.3 Å². The molecule has 3 aromatic carbocycles. The van der Waals surface area contributed by atoms with Crippen molar-refractivity contribution >= 4 is 44.3 Å². The second-order valence-corrected chi connectivity index (χ2v) is 14.2. The van der Waals surface area contributed by atoms with Gasteiger partial charge in [0, 0.05) is 42.7 Å². The van der Waals surface area contributed by atoms with Crippen molar-refractivity contribution in [1.82, 2.24) is 14.5 Å². The maximum atomic E-state index is 13.6. The van der Waals surface area contributed by atoms with E-state index in [2.05, 4.69) is 32.4 Å². The summed E-state index contributed by atoms with van der Waals surface area (Å²) in [6, 6.07) is 24.9. The molecule has 10 nitrogen and oxygen atoms in total. The number of nitrogens with zero attached hydrogens (tertiary/aromatic N) is 2. The van der Waals surface area contributed by atoms with Crippen LogP contribution in [0.1, 0.15) is 56.1 Å². The molecule has 0 radical (unpaired) electrons. The van der Waals surface area contributed by atoms with Gasteiger partial charge in [0.05, 0.1) is 17.6 Å². The lowest BCUT2D eigenvalue weighted by atomic mass is 10.0. The summed E-state index contributed by atoms with van der Waals surface area (Å²) < 4.78 is 33.2. The van der Waals surface area contributed by atoms with E-state index in [1.807, 2.05) is 62.4 Å². The van der Waals surface area contributed by atoms with Gasteiger partial charge in [-0.05, 0) is 61.2 Å². The van der Waals surface area contributed by atoms with Gasteiger partial charge in [-0.1, -0.05) is 60.7 Å². The standard InChI is InChI=1S/C34H36N4O6S2/c1-23(2)38(21-25-12-8-5-9-13-25)46(42,43)27-16-14-26(15-17-27)31(39)35-33-30(32(40)36-34(41)44-3)28-18-19-37(22-29(28)45-33)20-24-10-6-4-7-11-24/h4-17,23H,18-22H2,1-3H3,(H,35,39)(H,36,40,41). The Morgan fingerprint density at radius 3 is 2.15 bits per heavy atom. The minimum atomic E-state index is -3.86. The molecule has 0 unspecified atom stereocenters. The lowest BCUT2D eigenvalue weighted by Crippen LogP contribution is -2.36. The third-order valence-electron chi connectivity index (χ3n) is 7.72. The lowest BCUT2D eigenvalue weighted by Gasteiger charge is -2.27. The van der Waals surface area contributed by atoms with Crippen molar-refractivity contribution in [2.45, 2.75) is 50.8 Å². The van der Waals surface area contributed by atoms with Crippen molar-refractivity contribution in [2.75, 3.05) is 19.0 Å². The summed E-state index contributed by atoms with van der Waals surface area (Å²) in [6.45, 7) is 5.85. The number of anilines is 1. The number of rotatable bonds is 10. The van der Waals surface area contributed by atoms with Crippen LogP contribution in [0, 0.1) is 0 Å². The molecule has 0 saturated carbocycles. The van der Waals surface area contributed by atoms with Gasteiger partial charge in [0.2, 0.25) is 10.0 Å². The zero-order valence-corrected chi connectivity index (χ0v) is 27.5. The number of carbonyl (C=O) groups excluding carboxylic acids is 3. The fourth-order valence-corrected chi connectivity index (χ4v) is 8.27. The summed E-state index contributed by atoms with van der Waals surface area (Å²) in [5, 5.41) is 5.37. The number of ether oxygens (including phenoxy) is 1. The van der Waals surface area contributed by atoms with Crippen molar-refractivity contribution in [2.24, 2.45) is 0 Å². The number of hydrogen-bond donors (Lipinski definition) is 2. The highest BCUT2D eigenvalue weighted by Crippen LogP contribution is 2.38. The Kier molecular flexibility index (Phi) is 10.3. The van der Waals surface area contributed by atoms with Gasteiger partial charge in [0.25, 0.3) is 11.8 Å². The first kappa shape index (κ1) is 33.0. The fraction of sp³-hybridized carbons (Fsp3) is 0.265. The van der Waals surface area contributed by atoms with E-state index in [1.165, 1.54) is 52.6 Å². The van der Waals surface area contributed by atoms with Gasteiger partial charge in [-0.25, -0.2) is 13.2 Å². The third-order valence-corrected chi connectivity index (χ3v) is 10.9. The normalized spacial score (nSPS) is 13.3. The highest BCUT2D eigenvalue weighted by molar-refractivity contribution is 7.89. The number of alkyl carbamates (subject to hydrolysis) is 1. The number of fused-ring (bicyclic) bond motifs is 1. The van der Waals surface area contributed by atoms with Gasteiger partial charge in [0.15, 0.2) is 0 Å². The van der Waals surface area contributed by atoms with Gasteiger partial charge < -0.3 is 10.1 Å². The van der Waals surface area contributed by atoms with Gasteiger partial charge in [-0.3, -0.25) is 19.8 Å². The monoisotopic (exact) mass is 660 g/mol. The summed E-state index contributed by atoms with van der Waals surface area (Å²) in [6.07, 6.45) is -0.344. The van der Waals surface area contributed by atoms with E-state index in [1.54, 1.807) is 0 Å². The molecule has 5 rings (SSSR count). The number of benzene rings is 3. The molecule has 0 aliphatic carbocycles. The van der Waals surface area contributed by atoms with Crippen molar-refractivity contribution in [1.29, 1.82) is 0 Å². The largest absolute Gasteiger partial charge is 0.453 e. The van der Waals surface area contributed by atoms with Crippen LogP contribution in [-0.2, 0) is 40.8 Å². The zero-order valence-electron chi connectivity index (χ0n) is 25.9. The summed E-state index contributed by atoms with van der Waals surface area (Å²) >= 11 is 1.29. The molecule has 2 N–H and O–H groups in total. The molecule has 4 aromatic rings. The minimum absolute atomic E-state index is 0.0666. The van der Waals surface area contributed by atoms with E-state index in [9.17, 15) is 22.8 Å². The Hall–Kier alpha value is -4.36. The lowest BCUT2D eigenvalue weighted by molar-refractivity contribution is 0.0936. The Morgan fingerprint density at radius 2 is 1.54 bits per heavy atom. The summed E-state index contributed by atoms with van der Waals surface area (Å²) in [5.41, 5.74) is 3.26. The predicted molar refractivity (Wildman–Crippen MR) is 177 cm³/mol. The van der Waals surface area contributed by atoms with Crippen LogP contribution in [0.15, 0.2) is 89.8 Å². The number of amides is 3. The molecular formula is C34H36N4O6S2. The molecule has 2 heterocycles. The first-order valence-electron chi connectivity index (χ1n) is 14.8. The van der Waals surface area contributed by atoms with Gasteiger partial charge in [0.1, 0.15) is 5.00 Å². The maximum Gasteiger partial charge on any atom is 0.413 e. The Bertz CT molecular complexity index is 1810. The van der Waals surface area contributed by atoms with Gasteiger partial charge in [-0.2, -0.15) is 4.31 Å². The van der Waals surface area contributed by atoms with E-state index < -0.39 is 27.9 Å². The van der Waals surface area contributed by atoms with Crippen LogP contribution in [0.3, 0.4) is 0 Å². The number of thiophene rings is 1. The van der Waals surface area contributed by atoms with E-state index in [0.29, 0.717) is 24.5 Å². The smallest absolute Gasteiger partial charge is 0.413 e.